The van der Waals surface area contributed by atoms with Crippen LogP contribution in [0.5, 0.6) is 0 Å². The number of benzene rings is 2. The Labute approximate surface area is 197 Å². The predicted octanol–water partition coefficient (Wildman–Crippen LogP) is 4.75. The summed E-state index contributed by atoms with van der Waals surface area (Å²) in [5.41, 5.74) is 0.974. The van der Waals surface area contributed by atoms with E-state index in [1.54, 1.807) is 54.6 Å². The van der Waals surface area contributed by atoms with Gasteiger partial charge in [-0.3, -0.25) is 19.8 Å². The summed E-state index contributed by atoms with van der Waals surface area (Å²) in [5, 5.41) is 21.0. The number of nitrogens with zero attached hydrogens (tertiary/aromatic N) is 2. The van der Waals surface area contributed by atoms with E-state index in [-0.39, 0.29) is 27.1 Å². The molecule has 4 rings (SSSR count). The fraction of sp³-hybridized carbons (Fsp3) is 0.0870. The third kappa shape index (κ3) is 4.71. The van der Waals surface area contributed by atoms with Crippen LogP contribution in [0.2, 0.25) is 0 Å². The second kappa shape index (κ2) is 9.39. The predicted molar refractivity (Wildman–Crippen MR) is 127 cm³/mol. The molecule has 2 aromatic carbocycles. The number of nitro benzene ring substituents is 1. The van der Waals surface area contributed by atoms with E-state index >= 15 is 0 Å². The highest BCUT2D eigenvalue weighted by molar-refractivity contribution is 8.26. The van der Waals surface area contributed by atoms with Crippen LogP contribution < -0.4 is 0 Å². The number of thiocarbonyl (C=S) groups is 1. The quantitative estimate of drug-likeness (QED) is 0.223. The second-order valence-electron chi connectivity index (χ2n) is 7.07. The van der Waals surface area contributed by atoms with Gasteiger partial charge in [-0.25, -0.2) is 4.79 Å². The van der Waals surface area contributed by atoms with Crippen LogP contribution in [-0.2, 0) is 16.0 Å². The van der Waals surface area contributed by atoms with Crippen molar-refractivity contribution in [1.29, 1.82) is 0 Å². The van der Waals surface area contributed by atoms with Crippen molar-refractivity contribution in [3.05, 3.63) is 93.1 Å². The molecule has 0 saturated carbocycles. The second-order valence-corrected chi connectivity index (χ2v) is 8.75. The fourth-order valence-electron chi connectivity index (χ4n) is 3.42. The summed E-state index contributed by atoms with van der Waals surface area (Å²) in [6.07, 6.45) is 1.57. The molecule has 1 aromatic heterocycles. The summed E-state index contributed by atoms with van der Waals surface area (Å²) in [7, 11) is 0. The van der Waals surface area contributed by atoms with E-state index in [9.17, 15) is 24.8 Å². The maximum atomic E-state index is 13.0. The summed E-state index contributed by atoms with van der Waals surface area (Å²) in [5.74, 6) is -1.12. The number of rotatable bonds is 7. The number of nitro groups is 1. The Kier molecular flexibility index (Phi) is 6.38. The van der Waals surface area contributed by atoms with Crippen LogP contribution >= 0.6 is 24.0 Å². The molecule has 1 atom stereocenters. The van der Waals surface area contributed by atoms with E-state index in [2.05, 4.69) is 0 Å². The van der Waals surface area contributed by atoms with Crippen LogP contribution in [0.25, 0.3) is 17.4 Å². The maximum Gasteiger partial charge on any atom is 0.327 e. The lowest BCUT2D eigenvalue weighted by atomic mass is 10.0. The van der Waals surface area contributed by atoms with Crippen LogP contribution in [0, 0.1) is 10.1 Å². The first-order valence-corrected chi connectivity index (χ1v) is 10.9. The van der Waals surface area contributed by atoms with Crippen molar-refractivity contribution in [1.82, 2.24) is 4.90 Å². The maximum absolute atomic E-state index is 13.0. The van der Waals surface area contributed by atoms with Gasteiger partial charge in [0.25, 0.3) is 11.6 Å². The van der Waals surface area contributed by atoms with Crippen molar-refractivity contribution in [2.75, 3.05) is 0 Å². The zero-order chi connectivity index (χ0) is 23.5. The number of thioether (sulfide) groups is 1. The van der Waals surface area contributed by atoms with Crippen LogP contribution in [0.3, 0.4) is 0 Å². The molecule has 1 fully saturated rings. The molecule has 10 heteroatoms. The van der Waals surface area contributed by atoms with E-state index in [0.717, 1.165) is 22.2 Å². The summed E-state index contributed by atoms with van der Waals surface area (Å²) < 4.78 is 5.86. The Morgan fingerprint density at radius 3 is 2.55 bits per heavy atom. The van der Waals surface area contributed by atoms with Gasteiger partial charge in [-0.15, -0.1) is 0 Å². The first kappa shape index (κ1) is 22.4. The van der Waals surface area contributed by atoms with Crippen molar-refractivity contribution < 1.29 is 24.0 Å². The number of furan rings is 1. The van der Waals surface area contributed by atoms with Gasteiger partial charge in [-0.2, -0.15) is 0 Å². The molecule has 2 heterocycles. The number of para-hydroxylation sites is 1. The van der Waals surface area contributed by atoms with Crippen molar-refractivity contribution in [2.45, 2.75) is 12.5 Å². The van der Waals surface area contributed by atoms with Gasteiger partial charge in [-0.1, -0.05) is 66.4 Å². The lowest BCUT2D eigenvalue weighted by molar-refractivity contribution is -0.384. The lowest BCUT2D eigenvalue weighted by Gasteiger charge is -2.23. The van der Waals surface area contributed by atoms with Crippen molar-refractivity contribution in [3.63, 3.8) is 0 Å². The number of aliphatic carboxylic acids is 1. The molecule has 1 saturated heterocycles. The normalized spacial score (nSPS) is 15.8. The van der Waals surface area contributed by atoms with E-state index in [1.807, 2.05) is 6.07 Å². The average Bonchev–Trinajstić information content (AvgIpc) is 3.37. The van der Waals surface area contributed by atoms with Gasteiger partial charge in [0.2, 0.25) is 0 Å². The first-order chi connectivity index (χ1) is 15.8. The van der Waals surface area contributed by atoms with Gasteiger partial charge >= 0.3 is 5.97 Å². The zero-order valence-electron chi connectivity index (χ0n) is 16.9. The number of hydrogen-bond donors (Lipinski definition) is 1. The topological polar surface area (TPSA) is 114 Å². The van der Waals surface area contributed by atoms with Crippen LogP contribution in [0.4, 0.5) is 5.69 Å². The van der Waals surface area contributed by atoms with Crippen LogP contribution in [0.1, 0.15) is 11.3 Å². The molecular weight excluding hydrogens is 464 g/mol. The van der Waals surface area contributed by atoms with E-state index in [1.165, 1.54) is 12.1 Å². The molecule has 3 aromatic rings. The molecule has 166 valence electrons. The SMILES string of the molecule is O=C(O)C(Cc1ccccc1)N1C(=O)C(=Cc2ccc(-c3ccccc3[N+](=O)[O-])o2)SC1=S. The van der Waals surface area contributed by atoms with Crippen molar-refractivity contribution >= 4 is 51.9 Å². The van der Waals surface area contributed by atoms with Gasteiger partial charge in [0.15, 0.2) is 0 Å². The summed E-state index contributed by atoms with van der Waals surface area (Å²) in [6, 6.07) is 17.2. The van der Waals surface area contributed by atoms with Gasteiger partial charge in [0.05, 0.1) is 15.4 Å². The van der Waals surface area contributed by atoms with Gasteiger partial charge in [-0.05, 0) is 23.8 Å². The first-order valence-electron chi connectivity index (χ1n) is 9.72. The number of carboxylic acids is 1. The third-order valence-electron chi connectivity index (χ3n) is 4.96. The molecule has 0 aliphatic carbocycles. The number of hydrogen-bond acceptors (Lipinski definition) is 7. The third-order valence-corrected chi connectivity index (χ3v) is 6.29. The molecule has 8 nitrogen and oxygen atoms in total. The van der Waals surface area contributed by atoms with Gasteiger partial charge in [0.1, 0.15) is 21.9 Å². The van der Waals surface area contributed by atoms with E-state index in [4.69, 9.17) is 16.6 Å². The highest BCUT2D eigenvalue weighted by atomic mass is 32.2. The molecule has 1 aliphatic rings. The Balaban J connectivity index is 1.60. The van der Waals surface area contributed by atoms with Gasteiger partial charge in [0, 0.05) is 18.6 Å². The lowest BCUT2D eigenvalue weighted by Crippen LogP contribution is -2.45. The van der Waals surface area contributed by atoms with Crippen LogP contribution in [0.15, 0.2) is 76.1 Å². The molecule has 1 unspecified atom stereocenters. The molecule has 0 bridgehead atoms. The highest BCUT2D eigenvalue weighted by Gasteiger charge is 2.40. The average molecular weight is 481 g/mol. The Bertz CT molecular complexity index is 1280. The van der Waals surface area contributed by atoms with Crippen LogP contribution in [-0.4, -0.2) is 37.2 Å². The molecule has 0 radical (unpaired) electrons. The molecule has 0 spiro atoms. The molecule has 1 amide bonds. The summed E-state index contributed by atoms with van der Waals surface area (Å²) in [6.45, 7) is 0. The number of amides is 1. The van der Waals surface area contributed by atoms with Crippen molar-refractivity contribution in [3.8, 4) is 11.3 Å². The minimum absolute atomic E-state index is 0.102. The van der Waals surface area contributed by atoms with Gasteiger partial charge < -0.3 is 9.52 Å². The highest BCUT2D eigenvalue weighted by Crippen LogP contribution is 2.36. The summed E-state index contributed by atoms with van der Waals surface area (Å²) >= 11 is 6.29. The molecule has 1 N–H and O–H groups in total. The standard InChI is InChI=1S/C23H16N2O6S2/c26-21-20(13-15-10-11-19(31-15)16-8-4-5-9-17(16)25(29)30)33-23(32)24(21)18(22(27)28)12-14-6-2-1-3-7-14/h1-11,13,18H,12H2,(H,27,28). The monoisotopic (exact) mass is 480 g/mol. The molecule has 33 heavy (non-hydrogen) atoms. The van der Waals surface area contributed by atoms with Crippen molar-refractivity contribution in [2.24, 2.45) is 0 Å². The Morgan fingerprint density at radius 2 is 1.85 bits per heavy atom. The smallest absolute Gasteiger partial charge is 0.327 e. The van der Waals surface area contributed by atoms with E-state index < -0.39 is 22.8 Å². The zero-order valence-corrected chi connectivity index (χ0v) is 18.5. The minimum Gasteiger partial charge on any atom is -0.480 e. The number of carbonyl (C=O) groups is 2. The Morgan fingerprint density at radius 1 is 1.15 bits per heavy atom. The number of carboxylic acid groups (broad SMARTS) is 1. The number of carbonyl (C=O) groups excluding carboxylic acids is 1. The van der Waals surface area contributed by atoms with E-state index in [0.29, 0.717) is 11.3 Å². The fourth-order valence-corrected chi connectivity index (χ4v) is 4.76. The Hall–Kier alpha value is -3.76. The minimum atomic E-state index is -1.16. The largest absolute Gasteiger partial charge is 0.480 e. The molecule has 1 aliphatic heterocycles. The molecular formula is C23H16N2O6S2. The summed E-state index contributed by atoms with van der Waals surface area (Å²) in [4.78, 5) is 37.1.